The van der Waals surface area contributed by atoms with Gasteiger partial charge in [-0.15, -0.1) is 0 Å². The highest BCUT2D eigenvalue weighted by molar-refractivity contribution is 5.99. The number of fused-ring (bicyclic) bond motifs is 1. The number of aliphatic hydroxyl groups excluding tert-OH is 1. The normalized spacial score (nSPS) is 16.1. The lowest BCUT2D eigenvalue weighted by Crippen LogP contribution is -2.36. The third kappa shape index (κ3) is 6.97. The molecule has 7 heteroatoms. The second-order valence-electron chi connectivity index (χ2n) is 10.2. The van der Waals surface area contributed by atoms with Crippen molar-refractivity contribution in [3.8, 4) is 23.0 Å². The summed E-state index contributed by atoms with van der Waals surface area (Å²) >= 11 is 0. The van der Waals surface area contributed by atoms with Crippen molar-refractivity contribution in [1.82, 2.24) is 5.32 Å². The Balaban J connectivity index is 1.38. The SMILES string of the molecule is CC/C(=C(\c1ccc(OCOC)cc1)c1ccc(OCC(O)CNC2CCCC2)cc1)c1ccc2c(c1)OCO2. The molecular weight excluding hydrogens is 506 g/mol. The molecule has 2 N–H and O–H groups in total. The van der Waals surface area contributed by atoms with Crippen LogP contribution in [0.5, 0.6) is 23.0 Å². The number of aliphatic hydroxyl groups is 1. The molecule has 0 amide bonds. The van der Waals surface area contributed by atoms with Gasteiger partial charge in [-0.3, -0.25) is 0 Å². The van der Waals surface area contributed by atoms with Gasteiger partial charge in [-0.05, 0) is 83.5 Å². The average Bonchev–Trinajstić information content (AvgIpc) is 3.69. The molecule has 1 unspecified atom stereocenters. The Labute approximate surface area is 236 Å². The third-order valence-corrected chi connectivity index (χ3v) is 7.45. The van der Waals surface area contributed by atoms with Crippen LogP contribution < -0.4 is 24.3 Å². The molecule has 0 bridgehead atoms. The smallest absolute Gasteiger partial charge is 0.231 e. The molecule has 7 nitrogen and oxygen atoms in total. The molecule has 5 rings (SSSR count). The maximum Gasteiger partial charge on any atom is 0.231 e. The van der Waals surface area contributed by atoms with E-state index in [1.165, 1.54) is 31.3 Å². The Hall–Kier alpha value is -3.52. The van der Waals surface area contributed by atoms with E-state index in [9.17, 15) is 5.11 Å². The summed E-state index contributed by atoms with van der Waals surface area (Å²) in [7, 11) is 1.61. The fraction of sp³-hybridized carbons (Fsp3) is 0.394. The third-order valence-electron chi connectivity index (χ3n) is 7.45. The Kier molecular flexibility index (Phi) is 9.60. The van der Waals surface area contributed by atoms with Crippen LogP contribution in [0.25, 0.3) is 11.1 Å². The first kappa shape index (κ1) is 28.0. The van der Waals surface area contributed by atoms with E-state index in [2.05, 4.69) is 48.6 Å². The molecule has 1 heterocycles. The molecule has 0 radical (unpaired) electrons. The number of hydrogen-bond donors (Lipinski definition) is 2. The highest BCUT2D eigenvalue weighted by Gasteiger charge is 2.19. The topological polar surface area (TPSA) is 78.4 Å². The van der Waals surface area contributed by atoms with E-state index in [-0.39, 0.29) is 20.2 Å². The zero-order valence-corrected chi connectivity index (χ0v) is 23.4. The highest BCUT2D eigenvalue weighted by Crippen LogP contribution is 2.40. The van der Waals surface area contributed by atoms with Gasteiger partial charge in [0, 0.05) is 19.7 Å². The van der Waals surface area contributed by atoms with Crippen LogP contribution in [0.2, 0.25) is 0 Å². The van der Waals surface area contributed by atoms with Crippen molar-refractivity contribution in [2.45, 2.75) is 51.2 Å². The van der Waals surface area contributed by atoms with Gasteiger partial charge in [-0.1, -0.05) is 50.1 Å². The molecule has 1 aliphatic heterocycles. The van der Waals surface area contributed by atoms with Crippen LogP contribution >= 0.6 is 0 Å². The molecule has 0 saturated heterocycles. The summed E-state index contributed by atoms with van der Waals surface area (Å²) in [6.07, 6.45) is 5.20. The minimum absolute atomic E-state index is 0.201. The number of benzene rings is 3. The molecule has 1 atom stereocenters. The molecule has 212 valence electrons. The number of methoxy groups -OCH3 is 1. The first-order chi connectivity index (χ1) is 19.6. The maximum absolute atomic E-state index is 10.4. The zero-order chi connectivity index (χ0) is 27.7. The van der Waals surface area contributed by atoms with E-state index in [1.54, 1.807) is 7.11 Å². The molecule has 3 aromatic carbocycles. The van der Waals surface area contributed by atoms with E-state index in [0.717, 1.165) is 51.7 Å². The van der Waals surface area contributed by atoms with Crippen molar-refractivity contribution in [2.75, 3.05) is 33.8 Å². The molecule has 40 heavy (non-hydrogen) atoms. The predicted molar refractivity (Wildman–Crippen MR) is 156 cm³/mol. The van der Waals surface area contributed by atoms with E-state index < -0.39 is 6.10 Å². The van der Waals surface area contributed by atoms with E-state index in [0.29, 0.717) is 12.6 Å². The number of hydrogen-bond acceptors (Lipinski definition) is 7. The summed E-state index contributed by atoms with van der Waals surface area (Å²) in [5, 5.41) is 13.9. The summed E-state index contributed by atoms with van der Waals surface area (Å²) in [5.41, 5.74) is 5.52. The van der Waals surface area contributed by atoms with Gasteiger partial charge in [0.1, 0.15) is 24.2 Å². The van der Waals surface area contributed by atoms with Crippen molar-refractivity contribution in [3.63, 3.8) is 0 Å². The highest BCUT2D eigenvalue weighted by atomic mass is 16.7. The van der Waals surface area contributed by atoms with Crippen LogP contribution in [-0.2, 0) is 4.74 Å². The van der Waals surface area contributed by atoms with Crippen LogP contribution in [0, 0.1) is 0 Å². The van der Waals surface area contributed by atoms with Gasteiger partial charge in [-0.2, -0.15) is 0 Å². The number of nitrogens with one attached hydrogen (secondary N) is 1. The first-order valence-electron chi connectivity index (χ1n) is 14.1. The largest absolute Gasteiger partial charge is 0.491 e. The number of ether oxygens (including phenoxy) is 5. The maximum atomic E-state index is 10.4. The molecule has 0 spiro atoms. The summed E-state index contributed by atoms with van der Waals surface area (Å²) in [5.74, 6) is 3.00. The van der Waals surface area contributed by atoms with Crippen LogP contribution in [0.3, 0.4) is 0 Å². The minimum Gasteiger partial charge on any atom is -0.491 e. The van der Waals surface area contributed by atoms with Crippen molar-refractivity contribution in [1.29, 1.82) is 0 Å². The van der Waals surface area contributed by atoms with Gasteiger partial charge in [-0.25, -0.2) is 0 Å². The Morgan fingerprint density at radius 1 is 0.875 bits per heavy atom. The quantitative estimate of drug-likeness (QED) is 0.200. The number of rotatable bonds is 13. The molecular formula is C33H39NO6. The average molecular weight is 546 g/mol. The van der Waals surface area contributed by atoms with Crippen molar-refractivity contribution in [3.05, 3.63) is 83.4 Å². The van der Waals surface area contributed by atoms with Crippen molar-refractivity contribution >= 4 is 11.1 Å². The van der Waals surface area contributed by atoms with Crippen LogP contribution in [0.15, 0.2) is 66.7 Å². The van der Waals surface area contributed by atoms with Crippen LogP contribution in [0.4, 0.5) is 0 Å². The lowest BCUT2D eigenvalue weighted by molar-refractivity contribution is 0.0511. The molecule has 3 aromatic rings. The standard InChI is InChI=1S/C33H39NO6/c1-3-30(25-12-17-31-32(18-25)40-22-39-31)33(24-10-15-29(16-11-24)38-21-36-2)23-8-13-28(14-9-23)37-20-27(35)19-34-26-6-4-5-7-26/h8-18,26-27,34-35H,3-7,19-22H2,1-2H3/b33-30+. The minimum atomic E-state index is -0.549. The molecule has 1 aliphatic carbocycles. The van der Waals surface area contributed by atoms with Crippen molar-refractivity contribution < 1.29 is 28.8 Å². The van der Waals surface area contributed by atoms with E-state index >= 15 is 0 Å². The van der Waals surface area contributed by atoms with E-state index in [1.807, 2.05) is 30.3 Å². The Morgan fingerprint density at radius 2 is 1.50 bits per heavy atom. The lowest BCUT2D eigenvalue weighted by Gasteiger charge is -2.18. The molecule has 2 aliphatic rings. The Morgan fingerprint density at radius 3 is 2.15 bits per heavy atom. The zero-order valence-electron chi connectivity index (χ0n) is 23.4. The van der Waals surface area contributed by atoms with Gasteiger partial charge < -0.3 is 34.1 Å². The summed E-state index contributed by atoms with van der Waals surface area (Å²) < 4.78 is 27.8. The van der Waals surface area contributed by atoms with Gasteiger partial charge in [0.05, 0.1) is 0 Å². The fourth-order valence-corrected chi connectivity index (χ4v) is 5.37. The van der Waals surface area contributed by atoms with Crippen LogP contribution in [-0.4, -0.2) is 51.1 Å². The summed E-state index contributed by atoms with van der Waals surface area (Å²) in [6.45, 7) is 3.41. The van der Waals surface area contributed by atoms with Gasteiger partial charge in [0.25, 0.3) is 0 Å². The van der Waals surface area contributed by atoms with Gasteiger partial charge in [0.2, 0.25) is 6.79 Å². The monoisotopic (exact) mass is 545 g/mol. The fourth-order valence-electron chi connectivity index (χ4n) is 5.37. The van der Waals surface area contributed by atoms with Crippen LogP contribution in [0.1, 0.15) is 55.7 Å². The summed E-state index contributed by atoms with van der Waals surface area (Å²) in [4.78, 5) is 0. The Bertz CT molecular complexity index is 1270. The van der Waals surface area contributed by atoms with E-state index in [4.69, 9.17) is 23.7 Å². The molecule has 1 fully saturated rings. The molecule has 0 aromatic heterocycles. The first-order valence-corrected chi connectivity index (χ1v) is 14.1. The lowest BCUT2D eigenvalue weighted by atomic mass is 9.88. The summed E-state index contributed by atoms with van der Waals surface area (Å²) in [6, 6.07) is 22.8. The van der Waals surface area contributed by atoms with Gasteiger partial charge in [0.15, 0.2) is 18.3 Å². The van der Waals surface area contributed by atoms with Crippen molar-refractivity contribution in [2.24, 2.45) is 0 Å². The van der Waals surface area contributed by atoms with Gasteiger partial charge >= 0.3 is 0 Å². The second kappa shape index (κ2) is 13.7. The predicted octanol–water partition coefficient (Wildman–Crippen LogP) is 6.04. The molecule has 1 saturated carbocycles. The number of allylic oxidation sites excluding steroid dienone is 1. The second-order valence-corrected chi connectivity index (χ2v) is 10.2.